The molecule has 0 bridgehead atoms. The molecule has 0 N–H and O–H groups in total. The van der Waals surface area contributed by atoms with Gasteiger partial charge in [0.15, 0.2) is 0 Å². The summed E-state index contributed by atoms with van der Waals surface area (Å²) < 4.78 is 28.8. The zero-order valence-corrected chi connectivity index (χ0v) is 26.6. The summed E-state index contributed by atoms with van der Waals surface area (Å²) in [5.74, 6) is 1.05. The summed E-state index contributed by atoms with van der Waals surface area (Å²) in [6.07, 6.45) is 21.4. The lowest BCUT2D eigenvalue weighted by atomic mass is 9.90. The van der Waals surface area contributed by atoms with E-state index in [-0.39, 0.29) is 24.1 Å². The van der Waals surface area contributed by atoms with E-state index in [1.54, 1.807) is 6.08 Å². The molecule has 0 aromatic rings. The minimum absolute atomic E-state index is 0.233. The van der Waals surface area contributed by atoms with Gasteiger partial charge in [0.1, 0.15) is 23.7 Å². The van der Waals surface area contributed by atoms with Crippen molar-refractivity contribution in [1.82, 2.24) is 0 Å². The predicted molar refractivity (Wildman–Crippen MR) is 171 cm³/mol. The standard InChI is InChI=1S/C37H46O8/c1-5-8-9-11-35(45-34(38)7-3)42-30-18-12-26(13-19-30)27-14-20-31(21-15-27)43-37(40)28-16-22-29(23-17-28)41-32(10-6-2)33-24-25(4)36(39)44-33/h7,12,14,16,18,20,22,32-33,35H,3-6,8-11,13,15,17,19,21,23-24H2,1-2H3. The number of allylic oxidation sites excluding steroid dienone is 11. The molecule has 1 fully saturated rings. The topological polar surface area (TPSA) is 97.4 Å². The molecule has 3 atom stereocenters. The Morgan fingerprint density at radius 3 is 2.09 bits per heavy atom. The number of hydrogen-bond donors (Lipinski definition) is 0. The minimum atomic E-state index is -0.608. The lowest BCUT2D eigenvalue weighted by molar-refractivity contribution is -0.167. The van der Waals surface area contributed by atoms with Crippen LogP contribution in [0, 0.1) is 0 Å². The zero-order chi connectivity index (χ0) is 32.2. The maximum absolute atomic E-state index is 12.9. The second-order valence-corrected chi connectivity index (χ2v) is 11.7. The summed E-state index contributed by atoms with van der Waals surface area (Å²) in [4.78, 5) is 36.4. The highest BCUT2D eigenvalue weighted by Gasteiger charge is 2.35. The molecule has 1 heterocycles. The molecule has 45 heavy (non-hydrogen) atoms. The van der Waals surface area contributed by atoms with Crippen molar-refractivity contribution < 1.29 is 38.1 Å². The van der Waals surface area contributed by atoms with Gasteiger partial charge in [-0.1, -0.05) is 58.4 Å². The van der Waals surface area contributed by atoms with Gasteiger partial charge in [-0.2, -0.15) is 0 Å². The fraction of sp³-hybridized carbons (Fsp3) is 0.486. The van der Waals surface area contributed by atoms with Gasteiger partial charge in [0, 0.05) is 49.3 Å². The van der Waals surface area contributed by atoms with Gasteiger partial charge >= 0.3 is 17.9 Å². The maximum atomic E-state index is 12.9. The Kier molecular flexibility index (Phi) is 12.7. The van der Waals surface area contributed by atoms with E-state index in [9.17, 15) is 14.4 Å². The molecule has 4 aliphatic rings. The summed E-state index contributed by atoms with van der Waals surface area (Å²) in [5.41, 5.74) is 3.52. The van der Waals surface area contributed by atoms with Crippen molar-refractivity contribution in [3.05, 3.63) is 95.3 Å². The number of carbonyl (C=O) groups excluding carboxylic acids is 3. The third-order valence-corrected chi connectivity index (χ3v) is 8.26. The van der Waals surface area contributed by atoms with Crippen LogP contribution in [0.15, 0.2) is 95.3 Å². The fourth-order valence-corrected chi connectivity index (χ4v) is 5.67. The Hall–Kier alpha value is -4.07. The van der Waals surface area contributed by atoms with Gasteiger partial charge in [-0.05, 0) is 67.6 Å². The summed E-state index contributed by atoms with van der Waals surface area (Å²) in [6.45, 7) is 11.4. The van der Waals surface area contributed by atoms with Crippen molar-refractivity contribution >= 4 is 17.9 Å². The van der Waals surface area contributed by atoms with E-state index in [1.807, 2.05) is 24.3 Å². The number of rotatable bonds is 16. The van der Waals surface area contributed by atoms with E-state index in [0.717, 1.165) is 69.0 Å². The van der Waals surface area contributed by atoms with Gasteiger partial charge < -0.3 is 23.7 Å². The number of unbranched alkanes of at least 4 members (excludes halogenated alkanes) is 2. The molecule has 0 amide bonds. The van der Waals surface area contributed by atoms with Crippen LogP contribution in [-0.2, 0) is 38.1 Å². The van der Waals surface area contributed by atoms with Gasteiger partial charge in [0.25, 0.3) is 0 Å². The van der Waals surface area contributed by atoms with Crippen LogP contribution in [0.25, 0.3) is 0 Å². The van der Waals surface area contributed by atoms with Crippen LogP contribution in [-0.4, -0.2) is 36.4 Å². The van der Waals surface area contributed by atoms with Crippen LogP contribution >= 0.6 is 0 Å². The predicted octanol–water partition coefficient (Wildman–Crippen LogP) is 8.05. The summed E-state index contributed by atoms with van der Waals surface area (Å²) >= 11 is 0. The van der Waals surface area contributed by atoms with Crippen LogP contribution < -0.4 is 0 Å². The molecular weight excluding hydrogens is 572 g/mol. The van der Waals surface area contributed by atoms with Crippen LogP contribution in [0.3, 0.4) is 0 Å². The third-order valence-electron chi connectivity index (χ3n) is 8.26. The number of esters is 3. The Balaban J connectivity index is 1.29. The van der Waals surface area contributed by atoms with E-state index in [4.69, 9.17) is 23.7 Å². The van der Waals surface area contributed by atoms with Crippen LogP contribution in [0.5, 0.6) is 0 Å². The number of hydrogen-bond acceptors (Lipinski definition) is 8. The largest absolute Gasteiger partial charge is 0.491 e. The summed E-state index contributed by atoms with van der Waals surface area (Å²) in [6, 6.07) is 0. The Bertz CT molecular complexity index is 1320. The fourth-order valence-electron chi connectivity index (χ4n) is 5.67. The van der Waals surface area contributed by atoms with E-state index < -0.39 is 12.3 Å². The average molecular weight is 619 g/mol. The zero-order valence-electron chi connectivity index (χ0n) is 26.6. The first kappa shape index (κ1) is 33.8. The molecule has 242 valence electrons. The number of cyclic esters (lactones) is 1. The third kappa shape index (κ3) is 9.96. The van der Waals surface area contributed by atoms with E-state index in [0.29, 0.717) is 49.0 Å². The monoisotopic (exact) mass is 618 g/mol. The second kappa shape index (κ2) is 16.8. The first-order valence-electron chi connectivity index (χ1n) is 16.3. The van der Waals surface area contributed by atoms with E-state index in [2.05, 4.69) is 33.1 Å². The van der Waals surface area contributed by atoms with Crippen molar-refractivity contribution in [3.8, 4) is 0 Å². The van der Waals surface area contributed by atoms with Gasteiger partial charge in [0.05, 0.1) is 5.76 Å². The van der Waals surface area contributed by atoms with Crippen molar-refractivity contribution in [1.29, 1.82) is 0 Å². The molecule has 4 rings (SSSR count). The molecule has 0 spiro atoms. The number of carbonyl (C=O) groups is 3. The van der Waals surface area contributed by atoms with Crippen molar-refractivity contribution in [2.24, 2.45) is 0 Å². The quantitative estimate of drug-likeness (QED) is 0.0564. The van der Waals surface area contributed by atoms with Gasteiger partial charge in [-0.3, -0.25) is 0 Å². The molecule has 8 heteroatoms. The lowest BCUT2D eigenvalue weighted by Crippen LogP contribution is -2.29. The van der Waals surface area contributed by atoms with Crippen molar-refractivity contribution in [2.45, 2.75) is 116 Å². The average Bonchev–Trinajstić information content (AvgIpc) is 3.39. The molecule has 0 aromatic carbocycles. The maximum Gasteiger partial charge on any atom is 0.339 e. The van der Waals surface area contributed by atoms with Crippen molar-refractivity contribution in [3.63, 3.8) is 0 Å². The van der Waals surface area contributed by atoms with Crippen LogP contribution in [0.1, 0.15) is 97.3 Å². The molecule has 8 nitrogen and oxygen atoms in total. The van der Waals surface area contributed by atoms with E-state index >= 15 is 0 Å². The molecule has 0 saturated carbocycles. The molecule has 0 aromatic heterocycles. The van der Waals surface area contributed by atoms with Crippen molar-refractivity contribution in [2.75, 3.05) is 0 Å². The second-order valence-electron chi connectivity index (χ2n) is 11.7. The smallest absolute Gasteiger partial charge is 0.339 e. The molecule has 0 radical (unpaired) electrons. The lowest BCUT2D eigenvalue weighted by Gasteiger charge is -2.26. The summed E-state index contributed by atoms with van der Waals surface area (Å²) in [7, 11) is 0. The Morgan fingerprint density at radius 2 is 1.53 bits per heavy atom. The normalized spacial score (nSPS) is 21.1. The van der Waals surface area contributed by atoms with E-state index in [1.165, 1.54) is 11.1 Å². The van der Waals surface area contributed by atoms with Crippen LogP contribution in [0.4, 0.5) is 0 Å². The molecule has 1 aliphatic heterocycles. The summed E-state index contributed by atoms with van der Waals surface area (Å²) in [5, 5.41) is 0. The van der Waals surface area contributed by atoms with Gasteiger partial charge in [-0.15, -0.1) is 0 Å². The molecule has 3 unspecified atom stereocenters. The Labute approximate surface area is 266 Å². The van der Waals surface area contributed by atoms with Gasteiger partial charge in [-0.25, -0.2) is 14.4 Å². The first-order valence-corrected chi connectivity index (χ1v) is 16.3. The molecule has 3 aliphatic carbocycles. The highest BCUT2D eigenvalue weighted by atomic mass is 16.7. The van der Waals surface area contributed by atoms with Crippen LogP contribution in [0.2, 0.25) is 0 Å². The molecule has 1 saturated heterocycles. The number of ether oxygens (including phenoxy) is 5. The first-order chi connectivity index (χ1) is 21.8. The van der Waals surface area contributed by atoms with Gasteiger partial charge in [0.2, 0.25) is 6.29 Å². The highest BCUT2D eigenvalue weighted by Crippen LogP contribution is 2.33. The Morgan fingerprint density at radius 1 is 0.867 bits per heavy atom. The highest BCUT2D eigenvalue weighted by molar-refractivity contribution is 5.90. The molecular formula is C37H46O8. The SMILES string of the molecule is C=CC(=O)OC(CCCCC)OC1=CC=C(C2=CC=C(OC(=O)C3=CC=C(OC(CCC)C4CC(=C)C(=O)O4)CC3)CC2)CC1. The minimum Gasteiger partial charge on any atom is -0.491 e.